The van der Waals surface area contributed by atoms with Gasteiger partial charge in [-0.1, -0.05) is 6.08 Å². The van der Waals surface area contributed by atoms with Crippen LogP contribution in [0.2, 0.25) is 0 Å². The third-order valence-electron chi connectivity index (χ3n) is 2.13. The van der Waals surface area contributed by atoms with Gasteiger partial charge >= 0.3 is 0 Å². The molecule has 0 aromatic carbocycles. The molecule has 4 nitrogen and oxygen atoms in total. The quantitative estimate of drug-likeness (QED) is 0.442. The van der Waals surface area contributed by atoms with Gasteiger partial charge in [0.2, 0.25) is 0 Å². The standard InChI is InChI=1S/C11H22O4/c1-4-5-10(13)11(2,3)15-9-8-14-7-6-12/h4,10,12-13H,1,5-9H2,2-3H3. The minimum atomic E-state index is -0.600. The second kappa shape index (κ2) is 7.82. The van der Waals surface area contributed by atoms with Crippen molar-refractivity contribution in [2.75, 3.05) is 26.4 Å². The Morgan fingerprint density at radius 2 is 2.00 bits per heavy atom. The van der Waals surface area contributed by atoms with Gasteiger partial charge in [0, 0.05) is 0 Å². The van der Waals surface area contributed by atoms with Crippen molar-refractivity contribution in [1.29, 1.82) is 0 Å². The summed E-state index contributed by atoms with van der Waals surface area (Å²) >= 11 is 0. The number of hydrogen-bond donors (Lipinski definition) is 2. The molecule has 1 atom stereocenters. The van der Waals surface area contributed by atoms with Crippen LogP contribution in [0, 0.1) is 0 Å². The second-order valence-electron chi connectivity index (χ2n) is 3.83. The molecular formula is C11H22O4. The summed E-state index contributed by atoms with van der Waals surface area (Å²) in [6.07, 6.45) is 1.61. The van der Waals surface area contributed by atoms with E-state index in [1.807, 2.05) is 13.8 Å². The van der Waals surface area contributed by atoms with Crippen LogP contribution in [0.4, 0.5) is 0 Å². The molecule has 0 heterocycles. The fourth-order valence-electron chi connectivity index (χ4n) is 1.07. The highest BCUT2D eigenvalue weighted by atomic mass is 16.5. The molecule has 0 amide bonds. The summed E-state index contributed by atoms with van der Waals surface area (Å²) in [6, 6.07) is 0. The van der Waals surface area contributed by atoms with Crippen LogP contribution in [0.5, 0.6) is 0 Å². The normalized spacial score (nSPS) is 13.9. The Bertz CT molecular complexity index is 168. The lowest BCUT2D eigenvalue weighted by Crippen LogP contribution is -2.39. The molecule has 0 aliphatic rings. The van der Waals surface area contributed by atoms with E-state index < -0.39 is 11.7 Å². The van der Waals surface area contributed by atoms with Crippen LogP contribution in [0.3, 0.4) is 0 Å². The van der Waals surface area contributed by atoms with Crippen LogP contribution in [-0.4, -0.2) is 48.3 Å². The summed E-state index contributed by atoms with van der Waals surface area (Å²) < 4.78 is 10.5. The van der Waals surface area contributed by atoms with Crippen molar-refractivity contribution in [2.45, 2.75) is 32.0 Å². The molecule has 0 saturated heterocycles. The van der Waals surface area contributed by atoms with Gasteiger partial charge < -0.3 is 19.7 Å². The van der Waals surface area contributed by atoms with Crippen molar-refractivity contribution < 1.29 is 19.7 Å². The third kappa shape index (κ3) is 6.62. The fraction of sp³-hybridized carbons (Fsp3) is 0.818. The average Bonchev–Trinajstić information content (AvgIpc) is 2.18. The summed E-state index contributed by atoms with van der Waals surface area (Å²) in [7, 11) is 0. The van der Waals surface area contributed by atoms with Gasteiger partial charge in [0.15, 0.2) is 0 Å². The van der Waals surface area contributed by atoms with E-state index in [2.05, 4.69) is 6.58 Å². The summed E-state index contributed by atoms with van der Waals surface area (Å²) in [6.45, 7) is 8.38. The van der Waals surface area contributed by atoms with Crippen molar-refractivity contribution in [2.24, 2.45) is 0 Å². The second-order valence-corrected chi connectivity index (χ2v) is 3.83. The number of hydrogen-bond acceptors (Lipinski definition) is 4. The molecule has 0 aliphatic carbocycles. The molecular weight excluding hydrogens is 196 g/mol. The lowest BCUT2D eigenvalue weighted by molar-refractivity contribution is -0.112. The Kier molecular flexibility index (Phi) is 7.60. The van der Waals surface area contributed by atoms with E-state index in [9.17, 15) is 5.11 Å². The largest absolute Gasteiger partial charge is 0.394 e. The summed E-state index contributed by atoms with van der Waals surface area (Å²) in [5, 5.41) is 18.2. The number of aliphatic hydroxyl groups is 2. The van der Waals surface area contributed by atoms with E-state index in [1.54, 1.807) is 6.08 Å². The van der Waals surface area contributed by atoms with Gasteiger partial charge in [-0.25, -0.2) is 0 Å². The van der Waals surface area contributed by atoms with Crippen LogP contribution in [0.15, 0.2) is 12.7 Å². The van der Waals surface area contributed by atoms with E-state index in [0.29, 0.717) is 26.2 Å². The first kappa shape index (κ1) is 14.6. The lowest BCUT2D eigenvalue weighted by atomic mass is 9.99. The van der Waals surface area contributed by atoms with Gasteiger partial charge in [0.25, 0.3) is 0 Å². The summed E-state index contributed by atoms with van der Waals surface area (Å²) in [5.74, 6) is 0. The Morgan fingerprint density at radius 3 is 2.53 bits per heavy atom. The Balaban J connectivity index is 3.67. The first-order valence-corrected chi connectivity index (χ1v) is 5.16. The van der Waals surface area contributed by atoms with Gasteiger partial charge in [-0.05, 0) is 20.3 Å². The van der Waals surface area contributed by atoms with Gasteiger partial charge in [-0.3, -0.25) is 0 Å². The zero-order chi connectivity index (χ0) is 11.7. The minimum absolute atomic E-state index is 0.0164. The van der Waals surface area contributed by atoms with Gasteiger partial charge in [-0.15, -0.1) is 6.58 Å². The van der Waals surface area contributed by atoms with Crippen molar-refractivity contribution in [3.63, 3.8) is 0 Å². The molecule has 0 bridgehead atoms. The molecule has 0 aromatic heterocycles. The van der Waals surface area contributed by atoms with E-state index in [4.69, 9.17) is 14.6 Å². The molecule has 0 spiro atoms. The molecule has 2 N–H and O–H groups in total. The molecule has 0 rings (SSSR count). The molecule has 0 saturated carbocycles. The van der Waals surface area contributed by atoms with Gasteiger partial charge in [-0.2, -0.15) is 0 Å². The molecule has 15 heavy (non-hydrogen) atoms. The van der Waals surface area contributed by atoms with Crippen LogP contribution >= 0.6 is 0 Å². The summed E-state index contributed by atoms with van der Waals surface area (Å²) in [4.78, 5) is 0. The molecule has 0 radical (unpaired) electrons. The summed E-state index contributed by atoms with van der Waals surface area (Å²) in [5.41, 5.74) is -0.600. The van der Waals surface area contributed by atoms with E-state index in [1.165, 1.54) is 0 Å². The first-order valence-electron chi connectivity index (χ1n) is 5.16. The molecule has 0 fully saturated rings. The molecule has 0 aliphatic heterocycles. The Labute approximate surface area is 91.5 Å². The van der Waals surface area contributed by atoms with Crippen molar-refractivity contribution in [3.8, 4) is 0 Å². The number of rotatable bonds is 9. The fourth-order valence-corrected chi connectivity index (χ4v) is 1.07. The topological polar surface area (TPSA) is 58.9 Å². The molecule has 1 unspecified atom stereocenters. The SMILES string of the molecule is C=CCC(O)C(C)(C)OCCOCCO. The van der Waals surface area contributed by atoms with Gasteiger partial charge in [0.1, 0.15) is 0 Å². The zero-order valence-electron chi connectivity index (χ0n) is 9.61. The van der Waals surface area contributed by atoms with E-state index in [-0.39, 0.29) is 6.61 Å². The van der Waals surface area contributed by atoms with Crippen molar-refractivity contribution >= 4 is 0 Å². The number of ether oxygens (including phenoxy) is 2. The van der Waals surface area contributed by atoms with Gasteiger partial charge in [0.05, 0.1) is 38.1 Å². The van der Waals surface area contributed by atoms with E-state index in [0.717, 1.165) is 0 Å². The van der Waals surface area contributed by atoms with Crippen LogP contribution in [-0.2, 0) is 9.47 Å². The average molecular weight is 218 g/mol. The maximum Gasteiger partial charge on any atom is 0.0888 e. The highest BCUT2D eigenvalue weighted by Gasteiger charge is 2.27. The number of aliphatic hydroxyl groups excluding tert-OH is 2. The monoisotopic (exact) mass is 218 g/mol. The first-order chi connectivity index (χ1) is 7.04. The predicted octanol–water partition coefficient (Wildman–Crippen LogP) is 0.727. The Hall–Kier alpha value is -0.420. The zero-order valence-corrected chi connectivity index (χ0v) is 9.61. The smallest absolute Gasteiger partial charge is 0.0888 e. The maximum atomic E-state index is 9.70. The van der Waals surface area contributed by atoms with Crippen molar-refractivity contribution in [1.82, 2.24) is 0 Å². The molecule has 4 heteroatoms. The highest BCUT2D eigenvalue weighted by molar-refractivity contribution is 4.84. The van der Waals surface area contributed by atoms with Crippen LogP contribution in [0.25, 0.3) is 0 Å². The van der Waals surface area contributed by atoms with E-state index >= 15 is 0 Å². The minimum Gasteiger partial charge on any atom is -0.394 e. The highest BCUT2D eigenvalue weighted by Crippen LogP contribution is 2.17. The molecule has 90 valence electrons. The van der Waals surface area contributed by atoms with Crippen LogP contribution < -0.4 is 0 Å². The van der Waals surface area contributed by atoms with Crippen LogP contribution in [0.1, 0.15) is 20.3 Å². The lowest BCUT2D eigenvalue weighted by Gasteiger charge is -2.30. The third-order valence-corrected chi connectivity index (χ3v) is 2.13. The van der Waals surface area contributed by atoms with Crippen molar-refractivity contribution in [3.05, 3.63) is 12.7 Å². The molecule has 0 aromatic rings. The predicted molar refractivity (Wildman–Crippen MR) is 58.8 cm³/mol. The maximum absolute atomic E-state index is 9.70. The Morgan fingerprint density at radius 1 is 1.33 bits per heavy atom.